The fourth-order valence-electron chi connectivity index (χ4n) is 7.62. The molecule has 3 rings (SSSR count). The highest BCUT2D eigenvalue weighted by Gasteiger charge is 2.57. The van der Waals surface area contributed by atoms with E-state index in [1.165, 1.54) is 31.3 Å². The van der Waals surface area contributed by atoms with Gasteiger partial charge in [-0.15, -0.1) is 0 Å². The summed E-state index contributed by atoms with van der Waals surface area (Å²) in [5, 5.41) is 11.3. The van der Waals surface area contributed by atoms with E-state index in [-0.39, 0.29) is 20.9 Å². The molecule has 0 aliphatic heterocycles. The Morgan fingerprint density at radius 3 is 2.03 bits per heavy atom. The van der Waals surface area contributed by atoms with Gasteiger partial charge in [-0.1, -0.05) is 67.5 Å². The number of aliphatic hydroxyl groups excluding tert-OH is 1. The molecule has 0 saturated heterocycles. The first-order valence-corrected chi connectivity index (χ1v) is 21.1. The van der Waals surface area contributed by atoms with E-state index in [0.717, 1.165) is 25.9 Å². The maximum Gasteiger partial charge on any atom is 0.192 e. The van der Waals surface area contributed by atoms with Gasteiger partial charge in [0.15, 0.2) is 16.6 Å². The molecule has 0 aromatic carbocycles. The fourth-order valence-corrected chi connectivity index (χ4v) is 10.1. The van der Waals surface area contributed by atoms with Crippen molar-refractivity contribution in [1.29, 1.82) is 0 Å². The Balaban J connectivity index is 1.90. The molecule has 5 heteroatoms. The van der Waals surface area contributed by atoms with E-state index in [9.17, 15) is 5.11 Å². The van der Waals surface area contributed by atoms with Gasteiger partial charge in [0.2, 0.25) is 0 Å². The standard InChI is InChI=1S/C32H62O3Si2/c1-23-14-15-27-26(21-33)28(17-19-31(23,27)8)32(9)18-16-25(35-37(12,13)30(5,6)7)20-24(32)22-34-36(10,11)29(2,3)4/h24-28,33H,1,14-22H2,2-13H3/t24-,25+,26+,27+,28+,31-,32-/m1/s1. The number of rotatable bonds is 7. The lowest BCUT2D eigenvalue weighted by atomic mass is 9.49. The van der Waals surface area contributed by atoms with Crippen LogP contribution in [0.4, 0.5) is 0 Å². The van der Waals surface area contributed by atoms with Crippen LogP contribution in [-0.2, 0) is 8.85 Å². The fraction of sp³-hybridized carbons (Fsp3) is 0.938. The maximum atomic E-state index is 10.8. The molecular weight excluding hydrogens is 489 g/mol. The molecule has 1 N–H and O–H groups in total. The second-order valence-electron chi connectivity index (χ2n) is 16.7. The maximum absolute atomic E-state index is 10.8. The average molecular weight is 551 g/mol. The van der Waals surface area contributed by atoms with E-state index in [2.05, 4.69) is 88.2 Å². The van der Waals surface area contributed by atoms with Gasteiger partial charge in [-0.25, -0.2) is 0 Å². The van der Waals surface area contributed by atoms with E-state index in [1.54, 1.807) is 0 Å². The van der Waals surface area contributed by atoms with Gasteiger partial charge >= 0.3 is 0 Å². The lowest BCUT2D eigenvalue weighted by Crippen LogP contribution is -2.54. The van der Waals surface area contributed by atoms with Crippen molar-refractivity contribution >= 4 is 16.6 Å². The van der Waals surface area contributed by atoms with E-state index >= 15 is 0 Å². The smallest absolute Gasteiger partial charge is 0.192 e. The Morgan fingerprint density at radius 1 is 0.892 bits per heavy atom. The molecule has 0 spiro atoms. The Morgan fingerprint density at radius 2 is 1.49 bits per heavy atom. The summed E-state index contributed by atoms with van der Waals surface area (Å²) in [6, 6.07) is 0. The first-order valence-electron chi connectivity index (χ1n) is 15.3. The molecule has 37 heavy (non-hydrogen) atoms. The minimum Gasteiger partial charge on any atom is -0.417 e. The SMILES string of the molecule is C=C1CC[C@H]2[C@H](CO)[C@@H]([C@]3(C)CC[C@H](O[Si](C)(C)C(C)(C)C)C[C@@H]3CO[Si](C)(C)C(C)(C)C)CC[C@]12C. The molecule has 0 heterocycles. The number of fused-ring (bicyclic) bond motifs is 1. The van der Waals surface area contributed by atoms with Gasteiger partial charge in [0.05, 0.1) is 0 Å². The van der Waals surface area contributed by atoms with E-state index < -0.39 is 16.6 Å². The molecule has 216 valence electrons. The summed E-state index contributed by atoms with van der Waals surface area (Å²) in [7, 11) is -3.70. The molecule has 3 nitrogen and oxygen atoms in total. The molecule has 3 aliphatic rings. The molecule has 0 aromatic rings. The first-order chi connectivity index (χ1) is 16.7. The Labute approximate surface area is 232 Å². The van der Waals surface area contributed by atoms with Crippen molar-refractivity contribution in [2.75, 3.05) is 13.2 Å². The van der Waals surface area contributed by atoms with Crippen LogP contribution < -0.4 is 0 Å². The van der Waals surface area contributed by atoms with Crippen LogP contribution in [-0.4, -0.2) is 41.1 Å². The zero-order chi connectivity index (χ0) is 28.2. The van der Waals surface area contributed by atoms with Gasteiger partial charge in [0.25, 0.3) is 0 Å². The van der Waals surface area contributed by atoms with Gasteiger partial charge in [-0.3, -0.25) is 0 Å². The highest BCUT2D eigenvalue weighted by Crippen LogP contribution is 2.63. The second kappa shape index (κ2) is 10.5. The van der Waals surface area contributed by atoms with Crippen LogP contribution >= 0.6 is 0 Å². The summed E-state index contributed by atoms with van der Waals surface area (Å²) in [6.07, 6.45) is 8.53. The van der Waals surface area contributed by atoms with Crippen molar-refractivity contribution < 1.29 is 14.0 Å². The zero-order valence-corrected chi connectivity index (χ0v) is 28.7. The second-order valence-corrected chi connectivity index (χ2v) is 26.3. The van der Waals surface area contributed by atoms with Crippen molar-refractivity contribution in [3.05, 3.63) is 12.2 Å². The van der Waals surface area contributed by atoms with Crippen molar-refractivity contribution in [2.24, 2.45) is 34.5 Å². The van der Waals surface area contributed by atoms with Crippen LogP contribution in [0.25, 0.3) is 0 Å². The average Bonchev–Trinajstić information content (AvgIpc) is 3.06. The van der Waals surface area contributed by atoms with Crippen LogP contribution in [0.1, 0.15) is 100 Å². The van der Waals surface area contributed by atoms with Gasteiger partial charge in [0.1, 0.15) is 0 Å². The summed E-state index contributed by atoms with van der Waals surface area (Å²) in [4.78, 5) is 0. The minimum atomic E-state index is -1.86. The van der Waals surface area contributed by atoms with Crippen LogP contribution in [0.3, 0.4) is 0 Å². The molecule has 3 fully saturated rings. The summed E-state index contributed by atoms with van der Waals surface area (Å²) in [6.45, 7) is 34.3. The minimum absolute atomic E-state index is 0.175. The molecular formula is C32H62O3Si2. The molecule has 3 saturated carbocycles. The van der Waals surface area contributed by atoms with Crippen LogP contribution in [0, 0.1) is 34.5 Å². The monoisotopic (exact) mass is 550 g/mol. The van der Waals surface area contributed by atoms with E-state index in [0.29, 0.717) is 36.4 Å². The molecule has 0 amide bonds. The Hall–Kier alpha value is 0.0538. The molecule has 0 unspecified atom stereocenters. The highest BCUT2D eigenvalue weighted by molar-refractivity contribution is 6.74. The predicted octanol–water partition coefficient (Wildman–Crippen LogP) is 9.20. The van der Waals surface area contributed by atoms with Crippen molar-refractivity contribution in [2.45, 2.75) is 143 Å². The lowest BCUT2D eigenvalue weighted by molar-refractivity contribution is -0.101. The van der Waals surface area contributed by atoms with Gasteiger partial charge in [-0.05, 0) is 116 Å². The normalized spacial score (nSPS) is 38.1. The van der Waals surface area contributed by atoms with Crippen molar-refractivity contribution in [3.8, 4) is 0 Å². The summed E-state index contributed by atoms with van der Waals surface area (Å²) in [5.74, 6) is 1.96. The Kier molecular flexibility index (Phi) is 8.93. The van der Waals surface area contributed by atoms with E-state index in [1.807, 2.05) is 0 Å². The van der Waals surface area contributed by atoms with Gasteiger partial charge in [-0.2, -0.15) is 0 Å². The van der Waals surface area contributed by atoms with Crippen LogP contribution in [0.5, 0.6) is 0 Å². The summed E-state index contributed by atoms with van der Waals surface area (Å²) < 4.78 is 14.0. The Bertz CT molecular complexity index is 823. The van der Waals surface area contributed by atoms with Crippen molar-refractivity contribution in [1.82, 2.24) is 0 Å². The van der Waals surface area contributed by atoms with Crippen LogP contribution in [0.2, 0.25) is 36.3 Å². The first kappa shape index (κ1) is 31.6. The van der Waals surface area contributed by atoms with Crippen molar-refractivity contribution in [3.63, 3.8) is 0 Å². The quantitative estimate of drug-likeness (QED) is 0.254. The number of allylic oxidation sites excluding steroid dienone is 1. The summed E-state index contributed by atoms with van der Waals surface area (Å²) >= 11 is 0. The van der Waals surface area contributed by atoms with E-state index in [4.69, 9.17) is 8.85 Å². The third-order valence-corrected chi connectivity index (χ3v) is 21.7. The largest absolute Gasteiger partial charge is 0.417 e. The molecule has 3 aliphatic carbocycles. The van der Waals surface area contributed by atoms with Gasteiger partial charge < -0.3 is 14.0 Å². The third kappa shape index (κ3) is 5.92. The topological polar surface area (TPSA) is 38.7 Å². The molecule has 0 radical (unpaired) electrons. The predicted molar refractivity (Wildman–Crippen MR) is 164 cm³/mol. The highest BCUT2D eigenvalue weighted by atomic mass is 28.4. The zero-order valence-electron chi connectivity index (χ0n) is 26.7. The summed E-state index contributed by atoms with van der Waals surface area (Å²) in [5.41, 5.74) is 1.83. The van der Waals surface area contributed by atoms with Gasteiger partial charge in [0, 0.05) is 19.3 Å². The molecule has 0 aromatic heterocycles. The third-order valence-electron chi connectivity index (χ3n) is 12.7. The van der Waals surface area contributed by atoms with Crippen LogP contribution in [0.15, 0.2) is 12.2 Å². The number of hydrogen-bond donors (Lipinski definition) is 1. The molecule has 0 bridgehead atoms. The lowest BCUT2D eigenvalue weighted by Gasteiger charge is -2.57. The number of aliphatic hydroxyl groups is 1. The molecule has 7 atom stereocenters. The number of hydrogen-bond acceptors (Lipinski definition) is 3.